The molecular formula is C14H12ClFN2O3S. The van der Waals surface area contributed by atoms with Gasteiger partial charge in [0, 0.05) is 5.02 Å². The Labute approximate surface area is 132 Å². The van der Waals surface area contributed by atoms with Gasteiger partial charge in [-0.05, 0) is 36.4 Å². The van der Waals surface area contributed by atoms with Gasteiger partial charge in [-0.25, -0.2) is 12.8 Å². The molecule has 1 amide bonds. The number of nitrogens with two attached hydrogens (primary N) is 1. The van der Waals surface area contributed by atoms with Gasteiger partial charge in [-0.15, -0.1) is 0 Å². The number of nitrogens with zero attached hydrogens (tertiary/aromatic N) is 1. The van der Waals surface area contributed by atoms with Gasteiger partial charge in [0.25, 0.3) is 10.0 Å². The molecule has 2 aromatic carbocycles. The lowest BCUT2D eigenvalue weighted by Gasteiger charge is -2.23. The average Bonchev–Trinajstić information content (AvgIpc) is 2.46. The van der Waals surface area contributed by atoms with Gasteiger partial charge in [-0.1, -0.05) is 23.7 Å². The van der Waals surface area contributed by atoms with E-state index >= 15 is 0 Å². The van der Waals surface area contributed by atoms with Gasteiger partial charge in [-0.2, -0.15) is 0 Å². The lowest BCUT2D eigenvalue weighted by atomic mass is 10.3. The van der Waals surface area contributed by atoms with E-state index < -0.39 is 28.3 Å². The molecule has 0 saturated heterocycles. The summed E-state index contributed by atoms with van der Waals surface area (Å²) >= 11 is 5.73. The number of benzene rings is 2. The number of para-hydroxylation sites is 1. The summed E-state index contributed by atoms with van der Waals surface area (Å²) < 4.78 is 39.8. The molecule has 0 heterocycles. The highest BCUT2D eigenvalue weighted by atomic mass is 35.5. The number of anilines is 1. The van der Waals surface area contributed by atoms with E-state index in [0.717, 1.165) is 6.07 Å². The Morgan fingerprint density at radius 1 is 1.14 bits per heavy atom. The number of hydrogen-bond donors (Lipinski definition) is 1. The van der Waals surface area contributed by atoms with Crippen LogP contribution >= 0.6 is 11.6 Å². The number of halogens is 2. The Morgan fingerprint density at radius 2 is 1.73 bits per heavy atom. The fraction of sp³-hybridized carbons (Fsp3) is 0.0714. The molecule has 116 valence electrons. The van der Waals surface area contributed by atoms with Crippen molar-refractivity contribution in [1.82, 2.24) is 0 Å². The Balaban J connectivity index is 2.56. The molecule has 0 aliphatic rings. The number of carbonyl (C=O) groups is 1. The Kier molecular flexibility index (Phi) is 4.68. The van der Waals surface area contributed by atoms with E-state index in [1.54, 1.807) is 0 Å². The molecule has 0 unspecified atom stereocenters. The third kappa shape index (κ3) is 3.37. The number of amides is 1. The highest BCUT2D eigenvalue weighted by Gasteiger charge is 2.28. The van der Waals surface area contributed by atoms with Crippen molar-refractivity contribution in [1.29, 1.82) is 0 Å². The van der Waals surface area contributed by atoms with E-state index in [4.69, 9.17) is 17.3 Å². The van der Waals surface area contributed by atoms with Crippen LogP contribution in [0.2, 0.25) is 5.02 Å². The van der Waals surface area contributed by atoms with Crippen molar-refractivity contribution < 1.29 is 17.6 Å². The molecule has 2 rings (SSSR count). The fourth-order valence-electron chi connectivity index (χ4n) is 1.83. The zero-order chi connectivity index (χ0) is 16.3. The molecule has 0 bridgehead atoms. The number of carbonyl (C=O) groups excluding carboxylic acids is 1. The van der Waals surface area contributed by atoms with Gasteiger partial charge < -0.3 is 5.73 Å². The smallest absolute Gasteiger partial charge is 0.264 e. The molecular weight excluding hydrogens is 331 g/mol. The van der Waals surface area contributed by atoms with Gasteiger partial charge in [-0.3, -0.25) is 9.10 Å². The summed E-state index contributed by atoms with van der Waals surface area (Å²) in [7, 11) is -4.15. The van der Waals surface area contributed by atoms with Crippen LogP contribution in [0.1, 0.15) is 0 Å². The van der Waals surface area contributed by atoms with Gasteiger partial charge in [0.2, 0.25) is 5.91 Å². The van der Waals surface area contributed by atoms with Crippen LogP contribution in [0.25, 0.3) is 0 Å². The summed E-state index contributed by atoms with van der Waals surface area (Å²) in [4.78, 5) is 11.1. The summed E-state index contributed by atoms with van der Waals surface area (Å²) in [5.74, 6) is -1.68. The molecule has 0 aromatic heterocycles. The van der Waals surface area contributed by atoms with Crippen LogP contribution < -0.4 is 10.0 Å². The monoisotopic (exact) mass is 342 g/mol. The number of primary amides is 1. The van der Waals surface area contributed by atoms with Crippen molar-refractivity contribution >= 4 is 33.2 Å². The molecule has 0 saturated carbocycles. The lowest BCUT2D eigenvalue weighted by molar-refractivity contribution is -0.116. The molecule has 22 heavy (non-hydrogen) atoms. The minimum absolute atomic E-state index is 0.124. The molecule has 5 nitrogen and oxygen atoms in total. The summed E-state index contributed by atoms with van der Waals surface area (Å²) in [5, 5.41) is 0.353. The van der Waals surface area contributed by atoms with E-state index in [1.165, 1.54) is 42.5 Å². The van der Waals surface area contributed by atoms with Crippen LogP contribution in [0.15, 0.2) is 53.4 Å². The van der Waals surface area contributed by atoms with Crippen LogP contribution in [0.4, 0.5) is 10.1 Å². The SMILES string of the molecule is NC(=O)CN(c1ccccc1F)S(=O)(=O)c1ccc(Cl)cc1. The van der Waals surface area contributed by atoms with E-state index in [0.29, 0.717) is 9.33 Å². The maximum atomic E-state index is 13.9. The molecule has 2 aromatic rings. The third-order valence-corrected chi connectivity index (χ3v) is 4.85. The second kappa shape index (κ2) is 6.33. The first kappa shape index (κ1) is 16.3. The quantitative estimate of drug-likeness (QED) is 0.904. The Bertz CT molecular complexity index is 794. The van der Waals surface area contributed by atoms with Crippen molar-refractivity contribution in [3.05, 3.63) is 59.4 Å². The summed E-state index contributed by atoms with van der Waals surface area (Å²) in [6, 6.07) is 10.5. The average molecular weight is 343 g/mol. The summed E-state index contributed by atoms with van der Waals surface area (Å²) in [5.41, 5.74) is 4.84. The highest BCUT2D eigenvalue weighted by Crippen LogP contribution is 2.26. The predicted molar refractivity (Wildman–Crippen MR) is 81.6 cm³/mol. The summed E-state index contributed by atoms with van der Waals surface area (Å²) in [6.07, 6.45) is 0. The second-order valence-corrected chi connectivity index (χ2v) is 6.68. The number of sulfonamides is 1. The topological polar surface area (TPSA) is 80.5 Å². The Hall–Kier alpha value is -2.12. The largest absolute Gasteiger partial charge is 0.368 e. The van der Waals surface area contributed by atoms with Crippen molar-refractivity contribution in [3.63, 3.8) is 0 Å². The zero-order valence-electron chi connectivity index (χ0n) is 11.2. The Morgan fingerprint density at radius 3 is 2.27 bits per heavy atom. The highest BCUT2D eigenvalue weighted by molar-refractivity contribution is 7.92. The molecule has 0 radical (unpaired) electrons. The van der Waals surface area contributed by atoms with E-state index in [1.807, 2.05) is 0 Å². The van der Waals surface area contributed by atoms with Crippen LogP contribution in [0.3, 0.4) is 0 Å². The molecule has 2 N–H and O–H groups in total. The molecule has 0 aliphatic carbocycles. The van der Waals surface area contributed by atoms with Crippen molar-refractivity contribution in [2.24, 2.45) is 5.73 Å². The minimum Gasteiger partial charge on any atom is -0.368 e. The third-order valence-electron chi connectivity index (χ3n) is 2.82. The zero-order valence-corrected chi connectivity index (χ0v) is 12.8. The number of rotatable bonds is 5. The molecule has 0 atom stereocenters. The number of hydrogen-bond acceptors (Lipinski definition) is 3. The van der Waals surface area contributed by atoms with E-state index in [2.05, 4.69) is 0 Å². The van der Waals surface area contributed by atoms with Crippen LogP contribution in [-0.4, -0.2) is 20.9 Å². The van der Waals surface area contributed by atoms with E-state index in [-0.39, 0.29) is 10.6 Å². The van der Waals surface area contributed by atoms with Gasteiger partial charge in [0.15, 0.2) is 0 Å². The normalized spacial score (nSPS) is 11.2. The minimum atomic E-state index is -4.15. The lowest BCUT2D eigenvalue weighted by Crippen LogP contribution is -2.39. The van der Waals surface area contributed by atoms with Crippen molar-refractivity contribution in [2.75, 3.05) is 10.8 Å². The first-order valence-electron chi connectivity index (χ1n) is 6.13. The first-order valence-corrected chi connectivity index (χ1v) is 7.95. The maximum Gasteiger partial charge on any atom is 0.264 e. The second-order valence-electron chi connectivity index (χ2n) is 4.38. The maximum absolute atomic E-state index is 13.9. The van der Waals surface area contributed by atoms with Crippen LogP contribution in [0, 0.1) is 5.82 Å². The van der Waals surface area contributed by atoms with Gasteiger partial charge in [0.05, 0.1) is 10.6 Å². The summed E-state index contributed by atoms with van der Waals surface area (Å²) in [6.45, 7) is -0.675. The molecule has 0 spiro atoms. The first-order chi connectivity index (χ1) is 10.3. The molecule has 8 heteroatoms. The van der Waals surface area contributed by atoms with Crippen molar-refractivity contribution in [3.8, 4) is 0 Å². The van der Waals surface area contributed by atoms with Gasteiger partial charge in [0.1, 0.15) is 12.4 Å². The predicted octanol–water partition coefficient (Wildman–Crippen LogP) is 2.16. The van der Waals surface area contributed by atoms with Crippen LogP contribution in [-0.2, 0) is 14.8 Å². The van der Waals surface area contributed by atoms with Crippen LogP contribution in [0.5, 0.6) is 0 Å². The standard InChI is InChI=1S/C14H12ClFN2O3S/c15-10-5-7-11(8-6-10)22(20,21)18(9-14(17)19)13-4-2-1-3-12(13)16/h1-8H,9H2,(H2,17,19). The van der Waals surface area contributed by atoms with Crippen molar-refractivity contribution in [2.45, 2.75) is 4.90 Å². The van der Waals surface area contributed by atoms with E-state index in [9.17, 15) is 17.6 Å². The fourth-order valence-corrected chi connectivity index (χ4v) is 3.39. The molecule has 0 fully saturated rings. The van der Waals surface area contributed by atoms with Gasteiger partial charge >= 0.3 is 0 Å². The molecule has 0 aliphatic heterocycles.